The summed E-state index contributed by atoms with van der Waals surface area (Å²) in [7, 11) is 0. The van der Waals surface area contributed by atoms with Gasteiger partial charge in [0.15, 0.2) is 0 Å². The minimum absolute atomic E-state index is 0.0280. The third-order valence-electron chi connectivity index (χ3n) is 2.82. The van der Waals surface area contributed by atoms with Crippen molar-refractivity contribution in [2.24, 2.45) is 0 Å². The molecule has 1 atom stereocenters. The highest BCUT2D eigenvalue weighted by molar-refractivity contribution is 7.09. The van der Waals surface area contributed by atoms with Gasteiger partial charge in [0.1, 0.15) is 11.0 Å². The molecule has 1 N–H and O–H groups in total. The minimum atomic E-state index is -4.33. The third-order valence-corrected chi connectivity index (χ3v) is 3.60. The maximum atomic E-state index is 12.5. The van der Waals surface area contributed by atoms with Gasteiger partial charge in [0.25, 0.3) is 0 Å². The summed E-state index contributed by atoms with van der Waals surface area (Å²) in [5.41, 5.74) is 0. The zero-order valence-electron chi connectivity index (χ0n) is 10.5. The highest BCUT2D eigenvalue weighted by atomic mass is 32.1. The standard InChI is InChI=1S/C11H14F3N3O2S/c12-11(13,14)7-17-2-3-19-6-8(17)10(18)16-5-9-15-1-4-20-9/h1,4,8H,2-3,5-7H2,(H,16,18). The van der Waals surface area contributed by atoms with Gasteiger partial charge in [0.2, 0.25) is 5.91 Å². The number of rotatable bonds is 4. The second-order valence-electron chi connectivity index (χ2n) is 4.32. The smallest absolute Gasteiger partial charge is 0.378 e. The van der Waals surface area contributed by atoms with Crippen LogP contribution in [0.15, 0.2) is 11.6 Å². The van der Waals surface area contributed by atoms with Crippen LogP contribution in [0.2, 0.25) is 0 Å². The Labute approximate surface area is 117 Å². The number of nitrogens with zero attached hydrogens (tertiary/aromatic N) is 2. The van der Waals surface area contributed by atoms with Crippen LogP contribution in [-0.2, 0) is 16.1 Å². The second-order valence-corrected chi connectivity index (χ2v) is 5.30. The lowest BCUT2D eigenvalue weighted by molar-refractivity contribution is -0.166. The number of thiazole rings is 1. The van der Waals surface area contributed by atoms with Crippen LogP contribution in [0.25, 0.3) is 0 Å². The van der Waals surface area contributed by atoms with Gasteiger partial charge >= 0.3 is 6.18 Å². The lowest BCUT2D eigenvalue weighted by Crippen LogP contribution is -2.55. The molecule has 1 saturated heterocycles. The molecular weight excluding hydrogens is 295 g/mol. The van der Waals surface area contributed by atoms with Gasteiger partial charge in [0, 0.05) is 18.1 Å². The van der Waals surface area contributed by atoms with Gasteiger partial charge in [0.05, 0.1) is 26.3 Å². The minimum Gasteiger partial charge on any atom is -0.378 e. The summed E-state index contributed by atoms with van der Waals surface area (Å²) in [4.78, 5) is 17.1. The molecule has 9 heteroatoms. The van der Waals surface area contributed by atoms with Crippen LogP contribution in [0.4, 0.5) is 13.2 Å². The number of carbonyl (C=O) groups is 1. The van der Waals surface area contributed by atoms with Crippen LogP contribution in [0.1, 0.15) is 5.01 Å². The van der Waals surface area contributed by atoms with Crippen molar-refractivity contribution in [3.05, 3.63) is 16.6 Å². The van der Waals surface area contributed by atoms with Crippen molar-refractivity contribution in [3.63, 3.8) is 0 Å². The molecule has 1 aromatic heterocycles. The molecule has 20 heavy (non-hydrogen) atoms. The fourth-order valence-corrected chi connectivity index (χ4v) is 2.48. The molecule has 0 bridgehead atoms. The van der Waals surface area contributed by atoms with E-state index in [1.165, 1.54) is 11.3 Å². The molecule has 2 rings (SSSR count). The van der Waals surface area contributed by atoms with E-state index in [-0.39, 0.29) is 26.3 Å². The molecule has 0 aromatic carbocycles. The summed E-state index contributed by atoms with van der Waals surface area (Å²) in [5, 5.41) is 5.06. The average Bonchev–Trinajstić information content (AvgIpc) is 2.88. The van der Waals surface area contributed by atoms with Gasteiger partial charge in [-0.15, -0.1) is 11.3 Å². The molecule has 1 amide bonds. The fraction of sp³-hybridized carbons (Fsp3) is 0.636. The fourth-order valence-electron chi connectivity index (χ4n) is 1.92. The van der Waals surface area contributed by atoms with Gasteiger partial charge in [-0.05, 0) is 0 Å². The topological polar surface area (TPSA) is 54.5 Å². The number of amides is 1. The first-order valence-corrected chi connectivity index (χ1v) is 6.88. The van der Waals surface area contributed by atoms with Crippen LogP contribution in [0.3, 0.4) is 0 Å². The number of carbonyl (C=O) groups excluding carboxylic acids is 1. The van der Waals surface area contributed by atoms with Gasteiger partial charge in [-0.2, -0.15) is 13.2 Å². The molecule has 0 saturated carbocycles. The molecule has 5 nitrogen and oxygen atoms in total. The predicted molar refractivity (Wildman–Crippen MR) is 66.2 cm³/mol. The summed E-state index contributed by atoms with van der Waals surface area (Å²) in [6.45, 7) is -0.625. The van der Waals surface area contributed by atoms with Gasteiger partial charge in [-0.25, -0.2) is 4.98 Å². The van der Waals surface area contributed by atoms with Crippen LogP contribution < -0.4 is 5.32 Å². The summed E-state index contributed by atoms with van der Waals surface area (Å²) >= 11 is 1.37. The van der Waals surface area contributed by atoms with Crippen LogP contribution in [-0.4, -0.2) is 54.3 Å². The molecule has 2 heterocycles. The van der Waals surface area contributed by atoms with E-state index in [9.17, 15) is 18.0 Å². The van der Waals surface area contributed by atoms with Gasteiger partial charge in [-0.1, -0.05) is 0 Å². The Hall–Kier alpha value is -1.19. The number of hydrogen-bond acceptors (Lipinski definition) is 5. The molecule has 1 fully saturated rings. The van der Waals surface area contributed by atoms with E-state index in [0.717, 1.165) is 4.90 Å². The second kappa shape index (κ2) is 6.51. The lowest BCUT2D eigenvalue weighted by Gasteiger charge is -2.34. The number of hydrogen-bond donors (Lipinski definition) is 1. The molecule has 0 radical (unpaired) electrons. The first-order chi connectivity index (χ1) is 9.46. The van der Waals surface area contributed by atoms with E-state index >= 15 is 0 Å². The van der Waals surface area contributed by atoms with Crippen molar-refractivity contribution < 1.29 is 22.7 Å². The lowest BCUT2D eigenvalue weighted by atomic mass is 10.2. The van der Waals surface area contributed by atoms with Crippen molar-refractivity contribution in [3.8, 4) is 0 Å². The Balaban J connectivity index is 1.91. The van der Waals surface area contributed by atoms with Crippen molar-refractivity contribution >= 4 is 17.2 Å². The Morgan fingerprint density at radius 2 is 2.40 bits per heavy atom. The number of ether oxygens (including phenoxy) is 1. The molecule has 1 unspecified atom stereocenters. The predicted octanol–water partition coefficient (Wildman–Crippen LogP) is 1.02. The highest BCUT2D eigenvalue weighted by Crippen LogP contribution is 2.19. The highest BCUT2D eigenvalue weighted by Gasteiger charge is 2.38. The largest absolute Gasteiger partial charge is 0.401 e. The van der Waals surface area contributed by atoms with Gasteiger partial charge in [-0.3, -0.25) is 9.69 Å². The molecular formula is C11H14F3N3O2S. The summed E-state index contributed by atoms with van der Waals surface area (Å²) in [6.07, 6.45) is -2.73. The third kappa shape index (κ3) is 4.43. The van der Waals surface area contributed by atoms with Crippen molar-refractivity contribution in [2.45, 2.75) is 18.8 Å². The molecule has 1 aromatic rings. The summed E-state index contributed by atoms with van der Waals surface area (Å²) in [6, 6.07) is -0.912. The molecule has 112 valence electrons. The van der Waals surface area contributed by atoms with E-state index in [4.69, 9.17) is 4.74 Å². The average molecular weight is 309 g/mol. The molecule has 1 aliphatic heterocycles. The molecule has 1 aliphatic rings. The molecule has 0 aliphatic carbocycles. The van der Waals surface area contributed by atoms with E-state index in [0.29, 0.717) is 5.01 Å². The van der Waals surface area contributed by atoms with E-state index < -0.39 is 24.7 Å². The van der Waals surface area contributed by atoms with E-state index in [2.05, 4.69) is 10.3 Å². The zero-order valence-corrected chi connectivity index (χ0v) is 11.3. The Bertz CT molecular complexity index is 439. The van der Waals surface area contributed by atoms with Crippen molar-refractivity contribution in [1.29, 1.82) is 0 Å². The van der Waals surface area contributed by atoms with Crippen molar-refractivity contribution in [1.82, 2.24) is 15.2 Å². The maximum Gasteiger partial charge on any atom is 0.401 e. The maximum absolute atomic E-state index is 12.5. The number of halogens is 3. The Morgan fingerprint density at radius 3 is 3.05 bits per heavy atom. The molecule has 0 spiro atoms. The number of aromatic nitrogens is 1. The Morgan fingerprint density at radius 1 is 1.60 bits per heavy atom. The number of nitrogens with one attached hydrogen (secondary N) is 1. The first-order valence-electron chi connectivity index (χ1n) is 6.00. The number of morpholine rings is 1. The number of alkyl halides is 3. The Kier molecular flexibility index (Phi) is 4.95. The van der Waals surface area contributed by atoms with Gasteiger partial charge < -0.3 is 10.1 Å². The SMILES string of the molecule is O=C(NCc1nccs1)C1COCCN1CC(F)(F)F. The van der Waals surface area contributed by atoms with Crippen LogP contribution in [0.5, 0.6) is 0 Å². The van der Waals surface area contributed by atoms with E-state index in [1.807, 2.05) is 0 Å². The summed E-state index contributed by atoms with van der Waals surface area (Å²) in [5.74, 6) is -0.468. The quantitative estimate of drug-likeness (QED) is 0.902. The first kappa shape index (κ1) is 15.2. The monoisotopic (exact) mass is 309 g/mol. The van der Waals surface area contributed by atoms with Crippen molar-refractivity contribution in [2.75, 3.05) is 26.3 Å². The summed E-state index contributed by atoms with van der Waals surface area (Å²) < 4.78 is 42.5. The van der Waals surface area contributed by atoms with Crippen LogP contribution in [0, 0.1) is 0 Å². The van der Waals surface area contributed by atoms with E-state index in [1.54, 1.807) is 11.6 Å². The zero-order chi connectivity index (χ0) is 14.6. The normalized spacial score (nSPS) is 20.9. The van der Waals surface area contributed by atoms with Crippen LogP contribution >= 0.6 is 11.3 Å².